The van der Waals surface area contributed by atoms with Gasteiger partial charge in [-0.05, 0) is 30.9 Å². The van der Waals surface area contributed by atoms with E-state index in [2.05, 4.69) is 22.6 Å². The average molecular weight is 398 g/mol. The molecule has 146 valence electrons. The van der Waals surface area contributed by atoms with Crippen molar-refractivity contribution in [1.29, 1.82) is 0 Å². The molecule has 1 aromatic carbocycles. The molecule has 0 atom stereocenters. The number of carbonyl (C=O) groups excluding carboxylic acids is 2. The van der Waals surface area contributed by atoms with Crippen LogP contribution < -0.4 is 5.32 Å². The maximum atomic E-state index is 13.0. The lowest BCUT2D eigenvalue weighted by atomic mass is 10.1. The Balaban J connectivity index is 1.33. The third kappa shape index (κ3) is 3.79. The van der Waals surface area contributed by atoms with Crippen molar-refractivity contribution in [3.63, 3.8) is 0 Å². The number of thiophene rings is 1. The Morgan fingerprint density at radius 1 is 1.18 bits per heavy atom. The lowest BCUT2D eigenvalue weighted by Crippen LogP contribution is -2.50. The monoisotopic (exact) mass is 398 g/mol. The Hall–Kier alpha value is -2.71. The van der Waals surface area contributed by atoms with E-state index in [1.54, 1.807) is 24.3 Å². The maximum absolute atomic E-state index is 13.0. The lowest BCUT2D eigenvalue weighted by molar-refractivity contribution is -0.117. The van der Waals surface area contributed by atoms with Crippen LogP contribution in [-0.2, 0) is 4.79 Å². The molecule has 1 saturated heterocycles. The molecule has 0 saturated carbocycles. The predicted octanol–water partition coefficient (Wildman–Crippen LogP) is 2.90. The second-order valence-electron chi connectivity index (χ2n) is 6.99. The third-order valence-corrected chi connectivity index (χ3v) is 6.22. The molecule has 1 aliphatic rings. The van der Waals surface area contributed by atoms with Crippen LogP contribution in [-0.4, -0.2) is 59.5 Å². The molecule has 0 radical (unpaired) electrons. The zero-order chi connectivity index (χ0) is 19.7. The van der Waals surface area contributed by atoms with Crippen molar-refractivity contribution in [1.82, 2.24) is 15.0 Å². The summed E-state index contributed by atoms with van der Waals surface area (Å²) in [5, 5.41) is 7.64. The average Bonchev–Trinajstić information content (AvgIpc) is 3.25. The molecule has 0 spiro atoms. The van der Waals surface area contributed by atoms with Gasteiger partial charge < -0.3 is 14.7 Å². The number of anilines is 1. The Kier molecular flexibility index (Phi) is 5.15. The summed E-state index contributed by atoms with van der Waals surface area (Å²) >= 11 is 1.56. The van der Waals surface area contributed by atoms with Gasteiger partial charge in [-0.2, -0.15) is 0 Å². The summed E-state index contributed by atoms with van der Waals surface area (Å²) in [6.45, 7) is 6.62. The van der Waals surface area contributed by atoms with E-state index in [0.29, 0.717) is 37.8 Å². The Bertz CT molecular complexity index is 1020. The molecule has 1 N–H and O–H groups in total. The van der Waals surface area contributed by atoms with Gasteiger partial charge >= 0.3 is 0 Å². The first-order chi connectivity index (χ1) is 13.5. The zero-order valence-electron chi connectivity index (χ0n) is 15.9. The van der Waals surface area contributed by atoms with Crippen molar-refractivity contribution >= 4 is 39.1 Å². The largest absolute Gasteiger partial charge is 0.360 e. The van der Waals surface area contributed by atoms with Crippen molar-refractivity contribution in [2.24, 2.45) is 0 Å². The van der Waals surface area contributed by atoms with Crippen molar-refractivity contribution in [2.45, 2.75) is 13.8 Å². The Morgan fingerprint density at radius 3 is 2.61 bits per heavy atom. The number of hydrogen-bond acceptors (Lipinski definition) is 6. The van der Waals surface area contributed by atoms with Crippen molar-refractivity contribution in [3.05, 3.63) is 46.5 Å². The number of amides is 2. The summed E-state index contributed by atoms with van der Waals surface area (Å²) in [4.78, 5) is 29.9. The standard InChI is InChI=1S/C20H22N4O3S/c1-13-11-17(22-27-13)21-18(25)12-23-7-9-24(10-8-23)20(26)19-14(2)15-5-3-4-6-16(15)28-19/h3-6,11H,7-10,12H2,1-2H3,(H,21,22,25). The van der Waals surface area contributed by atoms with E-state index in [4.69, 9.17) is 4.52 Å². The zero-order valence-corrected chi connectivity index (χ0v) is 16.7. The number of carbonyl (C=O) groups is 2. The molecule has 2 aromatic heterocycles. The molecule has 0 unspecified atom stereocenters. The minimum absolute atomic E-state index is 0.0841. The van der Waals surface area contributed by atoms with Gasteiger partial charge in [0.25, 0.3) is 5.91 Å². The number of rotatable bonds is 4. The van der Waals surface area contributed by atoms with Crippen LogP contribution in [0.4, 0.5) is 5.82 Å². The Morgan fingerprint density at radius 2 is 1.93 bits per heavy atom. The minimum atomic E-state index is -0.131. The van der Waals surface area contributed by atoms with Crippen LogP contribution >= 0.6 is 11.3 Å². The number of benzene rings is 1. The van der Waals surface area contributed by atoms with Crippen molar-refractivity contribution < 1.29 is 14.1 Å². The summed E-state index contributed by atoms with van der Waals surface area (Å²) in [5.74, 6) is 1.03. The minimum Gasteiger partial charge on any atom is -0.360 e. The van der Waals surface area contributed by atoms with Gasteiger partial charge in [-0.15, -0.1) is 11.3 Å². The smallest absolute Gasteiger partial charge is 0.264 e. The molecule has 3 heterocycles. The molecule has 1 fully saturated rings. The fourth-order valence-corrected chi connectivity index (χ4v) is 4.62. The SMILES string of the molecule is Cc1cc(NC(=O)CN2CCN(C(=O)c3sc4ccccc4c3C)CC2)no1. The van der Waals surface area contributed by atoms with E-state index in [0.717, 1.165) is 20.5 Å². The molecular weight excluding hydrogens is 376 g/mol. The number of nitrogens with zero attached hydrogens (tertiary/aromatic N) is 3. The highest BCUT2D eigenvalue weighted by molar-refractivity contribution is 7.21. The van der Waals surface area contributed by atoms with Gasteiger partial charge in [0.2, 0.25) is 5.91 Å². The van der Waals surface area contributed by atoms with Gasteiger partial charge in [0.05, 0.1) is 11.4 Å². The van der Waals surface area contributed by atoms with E-state index < -0.39 is 0 Å². The van der Waals surface area contributed by atoms with Crippen molar-refractivity contribution in [2.75, 3.05) is 38.0 Å². The van der Waals surface area contributed by atoms with E-state index >= 15 is 0 Å². The van der Waals surface area contributed by atoms with Crippen LogP contribution in [0.1, 0.15) is 21.0 Å². The summed E-state index contributed by atoms with van der Waals surface area (Å²) in [6.07, 6.45) is 0. The molecule has 1 aliphatic heterocycles. The topological polar surface area (TPSA) is 78.7 Å². The quantitative estimate of drug-likeness (QED) is 0.731. The van der Waals surface area contributed by atoms with E-state index in [1.807, 2.05) is 28.9 Å². The van der Waals surface area contributed by atoms with Crippen LogP contribution in [0.15, 0.2) is 34.9 Å². The number of nitrogens with one attached hydrogen (secondary N) is 1. The summed E-state index contributed by atoms with van der Waals surface area (Å²) in [7, 11) is 0. The number of hydrogen-bond donors (Lipinski definition) is 1. The highest BCUT2D eigenvalue weighted by Gasteiger charge is 2.26. The number of aryl methyl sites for hydroxylation is 2. The number of piperazine rings is 1. The Labute approximate surface area is 166 Å². The van der Waals surface area contributed by atoms with Gasteiger partial charge in [0, 0.05) is 36.9 Å². The van der Waals surface area contributed by atoms with E-state index in [9.17, 15) is 9.59 Å². The van der Waals surface area contributed by atoms with Crippen LogP contribution in [0, 0.1) is 13.8 Å². The van der Waals surface area contributed by atoms with Crippen LogP contribution in [0.5, 0.6) is 0 Å². The van der Waals surface area contributed by atoms with Gasteiger partial charge in [-0.3, -0.25) is 14.5 Å². The molecule has 7 nitrogen and oxygen atoms in total. The van der Waals surface area contributed by atoms with Crippen LogP contribution in [0.2, 0.25) is 0 Å². The number of aromatic nitrogens is 1. The van der Waals surface area contributed by atoms with E-state index in [-0.39, 0.29) is 18.4 Å². The molecule has 0 aliphatic carbocycles. The van der Waals surface area contributed by atoms with E-state index in [1.165, 1.54) is 0 Å². The fourth-order valence-electron chi connectivity index (χ4n) is 3.44. The predicted molar refractivity (Wildman–Crippen MR) is 109 cm³/mol. The highest BCUT2D eigenvalue weighted by atomic mass is 32.1. The number of fused-ring (bicyclic) bond motifs is 1. The van der Waals surface area contributed by atoms with Gasteiger partial charge in [-0.1, -0.05) is 23.4 Å². The van der Waals surface area contributed by atoms with Gasteiger partial charge in [-0.25, -0.2) is 0 Å². The molecule has 0 bridgehead atoms. The second kappa shape index (κ2) is 7.73. The first kappa shape index (κ1) is 18.6. The lowest BCUT2D eigenvalue weighted by Gasteiger charge is -2.34. The second-order valence-corrected chi connectivity index (χ2v) is 8.04. The fraction of sp³-hybridized carbons (Fsp3) is 0.350. The third-order valence-electron chi connectivity index (χ3n) is 4.96. The molecule has 3 aromatic rings. The van der Waals surface area contributed by atoms with Gasteiger partial charge in [0.15, 0.2) is 5.82 Å². The first-order valence-electron chi connectivity index (χ1n) is 9.24. The maximum Gasteiger partial charge on any atom is 0.264 e. The summed E-state index contributed by atoms with van der Waals surface area (Å²) < 4.78 is 6.09. The first-order valence-corrected chi connectivity index (χ1v) is 10.1. The van der Waals surface area contributed by atoms with Crippen LogP contribution in [0.3, 0.4) is 0 Å². The van der Waals surface area contributed by atoms with Crippen LogP contribution in [0.25, 0.3) is 10.1 Å². The summed E-state index contributed by atoms with van der Waals surface area (Å²) in [5.41, 5.74) is 1.05. The summed E-state index contributed by atoms with van der Waals surface area (Å²) in [6, 6.07) is 9.79. The van der Waals surface area contributed by atoms with Crippen molar-refractivity contribution in [3.8, 4) is 0 Å². The molecule has 8 heteroatoms. The highest BCUT2D eigenvalue weighted by Crippen LogP contribution is 2.31. The normalized spacial score (nSPS) is 15.1. The molecular formula is C20H22N4O3S. The van der Waals surface area contributed by atoms with Gasteiger partial charge in [0.1, 0.15) is 5.76 Å². The molecule has 2 amide bonds. The molecule has 4 rings (SSSR count). The molecule has 28 heavy (non-hydrogen) atoms.